The van der Waals surface area contributed by atoms with E-state index in [2.05, 4.69) is 44.3 Å². The summed E-state index contributed by atoms with van der Waals surface area (Å²) in [5.41, 5.74) is 1.28. The average molecular weight is 235 g/mol. The first-order valence-corrected chi connectivity index (χ1v) is 6.58. The molecule has 0 saturated carbocycles. The van der Waals surface area contributed by atoms with Gasteiger partial charge in [-0.05, 0) is 31.9 Å². The van der Waals surface area contributed by atoms with Gasteiger partial charge in [0, 0.05) is 11.6 Å². The molecule has 0 spiro atoms. The van der Waals surface area contributed by atoms with Crippen molar-refractivity contribution in [3.63, 3.8) is 0 Å². The number of para-hydroxylation sites is 1. The third-order valence-electron chi connectivity index (χ3n) is 2.81. The Labute approximate surface area is 105 Å². The molecule has 0 fully saturated rings. The first-order chi connectivity index (χ1) is 8.19. The van der Waals surface area contributed by atoms with Gasteiger partial charge in [-0.3, -0.25) is 0 Å². The molecule has 2 heteroatoms. The van der Waals surface area contributed by atoms with Crippen molar-refractivity contribution in [3.8, 4) is 5.75 Å². The molecule has 0 aromatic heterocycles. The van der Waals surface area contributed by atoms with Gasteiger partial charge >= 0.3 is 0 Å². The summed E-state index contributed by atoms with van der Waals surface area (Å²) >= 11 is 0. The second-order valence-corrected chi connectivity index (χ2v) is 4.86. The van der Waals surface area contributed by atoms with Crippen LogP contribution in [0.1, 0.15) is 45.2 Å². The van der Waals surface area contributed by atoms with Gasteiger partial charge in [0.25, 0.3) is 0 Å². The predicted molar refractivity (Wildman–Crippen MR) is 73.5 cm³/mol. The molecule has 1 atom stereocenters. The van der Waals surface area contributed by atoms with Crippen molar-refractivity contribution < 1.29 is 4.74 Å². The maximum absolute atomic E-state index is 5.81. The van der Waals surface area contributed by atoms with E-state index >= 15 is 0 Å². The van der Waals surface area contributed by atoms with E-state index in [9.17, 15) is 0 Å². The van der Waals surface area contributed by atoms with Crippen molar-refractivity contribution in [2.45, 2.75) is 39.7 Å². The van der Waals surface area contributed by atoms with E-state index < -0.39 is 0 Å². The smallest absolute Gasteiger partial charge is 0.124 e. The van der Waals surface area contributed by atoms with Crippen LogP contribution in [0.15, 0.2) is 24.3 Å². The molecule has 0 amide bonds. The standard InChI is InChI=1S/C15H25NO/c1-5-10-17-15-9-7-6-8-13(15)14(16-4)11-12(2)3/h6-9,12,14,16H,5,10-11H2,1-4H3. The van der Waals surface area contributed by atoms with Crippen LogP contribution in [-0.2, 0) is 0 Å². The number of benzene rings is 1. The highest BCUT2D eigenvalue weighted by atomic mass is 16.5. The topological polar surface area (TPSA) is 21.3 Å². The molecule has 1 aromatic carbocycles. The molecule has 1 unspecified atom stereocenters. The molecule has 0 bridgehead atoms. The zero-order valence-electron chi connectivity index (χ0n) is 11.5. The minimum atomic E-state index is 0.378. The molecule has 0 aliphatic heterocycles. The molecule has 1 rings (SSSR count). The Hall–Kier alpha value is -1.02. The van der Waals surface area contributed by atoms with Crippen LogP contribution in [-0.4, -0.2) is 13.7 Å². The lowest BCUT2D eigenvalue weighted by Crippen LogP contribution is -2.19. The van der Waals surface area contributed by atoms with Gasteiger partial charge in [-0.1, -0.05) is 39.0 Å². The van der Waals surface area contributed by atoms with Crippen LogP contribution in [0.3, 0.4) is 0 Å². The number of hydrogen-bond acceptors (Lipinski definition) is 2. The Kier molecular flexibility index (Phi) is 6.06. The Balaban J connectivity index is 2.85. The van der Waals surface area contributed by atoms with E-state index in [0.717, 1.165) is 25.2 Å². The van der Waals surface area contributed by atoms with Crippen molar-refractivity contribution in [1.29, 1.82) is 0 Å². The normalized spacial score (nSPS) is 12.8. The second-order valence-electron chi connectivity index (χ2n) is 4.86. The highest BCUT2D eigenvalue weighted by Crippen LogP contribution is 2.29. The molecule has 0 heterocycles. The Morgan fingerprint density at radius 3 is 2.53 bits per heavy atom. The van der Waals surface area contributed by atoms with Gasteiger partial charge in [0.2, 0.25) is 0 Å². The number of nitrogens with one attached hydrogen (secondary N) is 1. The molecular formula is C15H25NO. The van der Waals surface area contributed by atoms with E-state index in [0.29, 0.717) is 12.0 Å². The number of ether oxygens (including phenoxy) is 1. The number of hydrogen-bond donors (Lipinski definition) is 1. The molecule has 96 valence electrons. The minimum absolute atomic E-state index is 0.378. The summed E-state index contributed by atoms with van der Waals surface area (Å²) in [6.45, 7) is 7.42. The molecule has 0 aliphatic carbocycles. The van der Waals surface area contributed by atoms with Crippen molar-refractivity contribution in [2.24, 2.45) is 5.92 Å². The van der Waals surface area contributed by atoms with Gasteiger partial charge in [0.1, 0.15) is 5.75 Å². The molecule has 0 radical (unpaired) electrons. The predicted octanol–water partition coefficient (Wildman–Crippen LogP) is 3.78. The van der Waals surface area contributed by atoms with Crippen molar-refractivity contribution in [3.05, 3.63) is 29.8 Å². The molecule has 17 heavy (non-hydrogen) atoms. The maximum atomic E-state index is 5.81. The summed E-state index contributed by atoms with van der Waals surface area (Å²) < 4.78 is 5.81. The van der Waals surface area contributed by atoms with Crippen molar-refractivity contribution in [2.75, 3.05) is 13.7 Å². The fraction of sp³-hybridized carbons (Fsp3) is 0.600. The molecule has 1 N–H and O–H groups in total. The van der Waals surface area contributed by atoms with Gasteiger partial charge in [-0.2, -0.15) is 0 Å². The third kappa shape index (κ3) is 4.39. The van der Waals surface area contributed by atoms with E-state index in [1.54, 1.807) is 0 Å². The van der Waals surface area contributed by atoms with E-state index in [1.165, 1.54) is 5.56 Å². The second kappa shape index (κ2) is 7.33. The lowest BCUT2D eigenvalue weighted by molar-refractivity contribution is 0.308. The Bertz CT molecular complexity index is 322. The van der Waals surface area contributed by atoms with Crippen molar-refractivity contribution >= 4 is 0 Å². The van der Waals surface area contributed by atoms with Crippen LogP contribution < -0.4 is 10.1 Å². The van der Waals surface area contributed by atoms with Crippen LogP contribution in [0.2, 0.25) is 0 Å². The first-order valence-electron chi connectivity index (χ1n) is 6.58. The largest absolute Gasteiger partial charge is 0.493 e. The van der Waals surface area contributed by atoms with Crippen LogP contribution in [0.25, 0.3) is 0 Å². The third-order valence-corrected chi connectivity index (χ3v) is 2.81. The summed E-state index contributed by atoms with van der Waals surface area (Å²) in [5.74, 6) is 1.70. The monoisotopic (exact) mass is 235 g/mol. The maximum Gasteiger partial charge on any atom is 0.124 e. The highest BCUT2D eigenvalue weighted by molar-refractivity contribution is 5.36. The van der Waals surface area contributed by atoms with Gasteiger partial charge < -0.3 is 10.1 Å². The SMILES string of the molecule is CCCOc1ccccc1C(CC(C)C)NC. The first kappa shape index (κ1) is 14.0. The summed E-state index contributed by atoms with van der Waals surface area (Å²) in [4.78, 5) is 0. The van der Waals surface area contributed by atoms with Crippen LogP contribution in [0.5, 0.6) is 5.75 Å². The van der Waals surface area contributed by atoms with E-state index in [-0.39, 0.29) is 0 Å². The van der Waals surface area contributed by atoms with Gasteiger partial charge in [0.15, 0.2) is 0 Å². The van der Waals surface area contributed by atoms with Crippen LogP contribution in [0.4, 0.5) is 0 Å². The fourth-order valence-corrected chi connectivity index (χ4v) is 1.98. The summed E-state index contributed by atoms with van der Waals surface area (Å²) in [6, 6.07) is 8.72. The molecular weight excluding hydrogens is 210 g/mol. The average Bonchev–Trinajstić information content (AvgIpc) is 2.33. The van der Waals surface area contributed by atoms with Gasteiger partial charge in [-0.25, -0.2) is 0 Å². The lowest BCUT2D eigenvalue weighted by Gasteiger charge is -2.21. The lowest BCUT2D eigenvalue weighted by atomic mass is 9.96. The zero-order valence-corrected chi connectivity index (χ0v) is 11.5. The van der Waals surface area contributed by atoms with E-state index in [4.69, 9.17) is 4.74 Å². The highest BCUT2D eigenvalue weighted by Gasteiger charge is 2.15. The molecule has 0 aliphatic rings. The fourth-order valence-electron chi connectivity index (χ4n) is 1.98. The Morgan fingerprint density at radius 2 is 1.94 bits per heavy atom. The molecule has 2 nitrogen and oxygen atoms in total. The Morgan fingerprint density at radius 1 is 1.24 bits per heavy atom. The van der Waals surface area contributed by atoms with Crippen LogP contribution >= 0.6 is 0 Å². The molecule has 1 aromatic rings. The summed E-state index contributed by atoms with van der Waals surface area (Å²) in [6.07, 6.45) is 2.17. The summed E-state index contributed by atoms with van der Waals surface area (Å²) in [5, 5.41) is 3.39. The quantitative estimate of drug-likeness (QED) is 0.776. The summed E-state index contributed by atoms with van der Waals surface area (Å²) in [7, 11) is 2.02. The number of rotatable bonds is 7. The van der Waals surface area contributed by atoms with Crippen molar-refractivity contribution in [1.82, 2.24) is 5.32 Å². The van der Waals surface area contributed by atoms with E-state index in [1.807, 2.05) is 13.1 Å². The van der Waals surface area contributed by atoms with Gasteiger partial charge in [-0.15, -0.1) is 0 Å². The zero-order chi connectivity index (χ0) is 12.7. The minimum Gasteiger partial charge on any atom is -0.493 e. The molecule has 0 saturated heterocycles. The van der Waals surface area contributed by atoms with Crippen LogP contribution in [0, 0.1) is 5.92 Å². The van der Waals surface area contributed by atoms with Gasteiger partial charge in [0.05, 0.1) is 6.61 Å².